The summed E-state index contributed by atoms with van der Waals surface area (Å²) in [6.45, 7) is 6.96. The van der Waals surface area contributed by atoms with Crippen LogP contribution in [0.2, 0.25) is 18.1 Å². The Morgan fingerprint density at radius 1 is 1.09 bits per heavy atom. The largest absolute Gasteiger partial charge is 0.138 e. The number of hydrogen-bond donors (Lipinski definition) is 0. The summed E-state index contributed by atoms with van der Waals surface area (Å²) >= 11 is 0. The molecule has 3 rings (SSSR count). The van der Waals surface area contributed by atoms with Crippen LogP contribution in [0.1, 0.15) is 51.2 Å². The molecule has 0 heterocycles. The Bertz CT molecular complexity index is 601. The molecule has 2 aliphatic rings. The molecule has 0 amide bonds. The van der Waals surface area contributed by atoms with Crippen LogP contribution in [0.5, 0.6) is 0 Å². The molecule has 1 aromatic rings. The maximum Gasteiger partial charge on any atom is 0.138 e. The van der Waals surface area contributed by atoms with Crippen molar-refractivity contribution in [3.05, 3.63) is 47.5 Å². The minimum Gasteiger partial charge on any atom is -0.126 e. The molecule has 0 aliphatic heterocycles. The second-order valence-corrected chi connectivity index (χ2v) is 12.1. The normalized spacial score (nSPS) is 26.0. The van der Waals surface area contributed by atoms with Crippen LogP contribution in [-0.4, -0.2) is 8.07 Å². The highest BCUT2D eigenvalue weighted by atomic mass is 28.3. The average Bonchev–Trinajstić information content (AvgIpc) is 3.19. The third-order valence-electron chi connectivity index (χ3n) is 6.24. The minimum absolute atomic E-state index is 0.353. The summed E-state index contributed by atoms with van der Waals surface area (Å²) in [7, 11) is -1.33. The molecule has 1 saturated carbocycles. The van der Waals surface area contributed by atoms with Crippen molar-refractivity contribution in [1.82, 2.24) is 0 Å². The van der Waals surface area contributed by atoms with E-state index in [1.807, 2.05) is 0 Å². The van der Waals surface area contributed by atoms with Crippen molar-refractivity contribution in [3.63, 3.8) is 0 Å². The lowest BCUT2D eigenvalue weighted by Gasteiger charge is -2.24. The molecule has 0 aromatic heterocycles. The van der Waals surface area contributed by atoms with Crippen LogP contribution in [0.3, 0.4) is 0 Å². The fourth-order valence-corrected chi connectivity index (χ4v) is 6.65. The van der Waals surface area contributed by atoms with Crippen LogP contribution in [0.4, 0.5) is 0 Å². The molecule has 0 radical (unpaired) electrons. The first-order chi connectivity index (χ1) is 10.7. The summed E-state index contributed by atoms with van der Waals surface area (Å²) in [5.74, 6) is 4.33. The van der Waals surface area contributed by atoms with Crippen LogP contribution < -0.4 is 0 Å². The Hall–Kier alpha value is -1.26. The van der Waals surface area contributed by atoms with Gasteiger partial charge in [0.15, 0.2) is 0 Å². The van der Waals surface area contributed by atoms with Gasteiger partial charge >= 0.3 is 0 Å². The van der Waals surface area contributed by atoms with Crippen LogP contribution >= 0.6 is 0 Å². The van der Waals surface area contributed by atoms with E-state index in [-0.39, 0.29) is 0 Å². The molecule has 1 fully saturated rings. The fourth-order valence-electron chi connectivity index (χ4n) is 4.21. The molecule has 0 N–H and O–H groups in total. The van der Waals surface area contributed by atoms with E-state index in [1.54, 1.807) is 0 Å². The van der Waals surface area contributed by atoms with Gasteiger partial charge in [-0.05, 0) is 61.0 Å². The maximum atomic E-state index is 3.69. The zero-order valence-corrected chi connectivity index (χ0v) is 15.3. The van der Waals surface area contributed by atoms with Crippen molar-refractivity contribution in [1.29, 1.82) is 0 Å². The quantitative estimate of drug-likeness (QED) is 0.380. The monoisotopic (exact) mass is 308 g/mol. The molecular formula is C21H28Si. The van der Waals surface area contributed by atoms with Gasteiger partial charge in [-0.25, -0.2) is 0 Å². The zero-order valence-electron chi connectivity index (χ0n) is 14.3. The lowest BCUT2D eigenvalue weighted by molar-refractivity contribution is 0.567. The summed E-state index contributed by atoms with van der Waals surface area (Å²) in [5, 5.41) is 0. The standard InChI is InChI=1S/C21H28Si/c1-4-22(5-2,6-3)16-13-18-7-9-20(10-8-18)21-14-11-19(17-21)12-15-21/h7-11,14,19H,4-6,12,15,17H2,1-3H3. The zero-order chi connectivity index (χ0) is 15.6. The van der Waals surface area contributed by atoms with Crippen LogP contribution in [-0.2, 0) is 5.41 Å². The predicted octanol–water partition coefficient (Wildman–Crippen LogP) is 5.69. The Kier molecular flexibility index (Phi) is 4.32. The Labute approximate surface area is 137 Å². The van der Waals surface area contributed by atoms with Crippen molar-refractivity contribution in [3.8, 4) is 11.5 Å². The smallest absolute Gasteiger partial charge is 0.126 e. The Morgan fingerprint density at radius 3 is 2.23 bits per heavy atom. The van der Waals surface area contributed by atoms with E-state index in [2.05, 4.69) is 68.7 Å². The highest BCUT2D eigenvalue weighted by Crippen LogP contribution is 2.50. The van der Waals surface area contributed by atoms with Gasteiger partial charge in [0.1, 0.15) is 8.07 Å². The SMILES string of the molecule is CC[Si](C#Cc1ccc(C23C=CC(CC2)C3)cc1)(CC)CC. The second kappa shape index (κ2) is 6.09. The summed E-state index contributed by atoms with van der Waals surface area (Å²) in [6.07, 6.45) is 8.92. The topological polar surface area (TPSA) is 0 Å². The van der Waals surface area contributed by atoms with Crippen molar-refractivity contribution in [2.75, 3.05) is 0 Å². The minimum atomic E-state index is -1.33. The molecule has 2 bridgehead atoms. The summed E-state index contributed by atoms with van der Waals surface area (Å²) < 4.78 is 0. The number of allylic oxidation sites excluding steroid dienone is 2. The van der Waals surface area contributed by atoms with Gasteiger partial charge in [0, 0.05) is 11.0 Å². The number of benzene rings is 1. The van der Waals surface area contributed by atoms with Crippen molar-refractivity contribution in [2.24, 2.45) is 5.92 Å². The van der Waals surface area contributed by atoms with Gasteiger partial charge in [-0.15, -0.1) is 5.54 Å². The third kappa shape index (κ3) is 2.70. The van der Waals surface area contributed by atoms with E-state index >= 15 is 0 Å². The van der Waals surface area contributed by atoms with Crippen LogP contribution in [0, 0.1) is 17.4 Å². The molecule has 116 valence electrons. The summed E-state index contributed by atoms with van der Waals surface area (Å²) in [5.41, 5.74) is 6.74. The molecule has 2 aliphatic carbocycles. The van der Waals surface area contributed by atoms with E-state index in [0.29, 0.717) is 5.41 Å². The van der Waals surface area contributed by atoms with E-state index < -0.39 is 8.07 Å². The van der Waals surface area contributed by atoms with Crippen LogP contribution in [0.25, 0.3) is 0 Å². The number of hydrogen-bond acceptors (Lipinski definition) is 0. The molecule has 1 heteroatoms. The lowest BCUT2D eigenvalue weighted by Crippen LogP contribution is -2.29. The molecule has 22 heavy (non-hydrogen) atoms. The molecule has 2 unspecified atom stereocenters. The first-order valence-electron chi connectivity index (χ1n) is 8.98. The second-order valence-electron chi connectivity index (χ2n) is 7.19. The van der Waals surface area contributed by atoms with E-state index in [4.69, 9.17) is 0 Å². The van der Waals surface area contributed by atoms with E-state index in [9.17, 15) is 0 Å². The van der Waals surface area contributed by atoms with Crippen molar-refractivity contribution < 1.29 is 0 Å². The predicted molar refractivity (Wildman–Crippen MR) is 98.7 cm³/mol. The van der Waals surface area contributed by atoms with E-state index in [1.165, 1.54) is 48.5 Å². The van der Waals surface area contributed by atoms with Gasteiger partial charge in [0.25, 0.3) is 0 Å². The summed E-state index contributed by atoms with van der Waals surface area (Å²) in [4.78, 5) is 0. The van der Waals surface area contributed by atoms with E-state index in [0.717, 1.165) is 5.92 Å². The molecule has 1 aromatic carbocycles. The van der Waals surface area contributed by atoms with Gasteiger partial charge in [-0.2, -0.15) is 0 Å². The van der Waals surface area contributed by atoms with Crippen LogP contribution in [0.15, 0.2) is 36.4 Å². The van der Waals surface area contributed by atoms with Gasteiger partial charge < -0.3 is 0 Å². The fraction of sp³-hybridized carbons (Fsp3) is 0.524. The first kappa shape index (κ1) is 15.6. The molecule has 0 nitrogen and oxygen atoms in total. The van der Waals surface area contributed by atoms with Gasteiger partial charge in [-0.3, -0.25) is 0 Å². The summed E-state index contributed by atoms with van der Waals surface area (Å²) in [6, 6.07) is 13.0. The lowest BCUT2D eigenvalue weighted by atomic mass is 9.80. The highest BCUT2D eigenvalue weighted by molar-refractivity contribution is 6.87. The van der Waals surface area contributed by atoms with Gasteiger partial charge in [0.05, 0.1) is 0 Å². The Morgan fingerprint density at radius 2 is 1.77 bits per heavy atom. The van der Waals surface area contributed by atoms with Gasteiger partial charge in [0.2, 0.25) is 0 Å². The van der Waals surface area contributed by atoms with Crippen molar-refractivity contribution in [2.45, 2.75) is 63.6 Å². The third-order valence-corrected chi connectivity index (χ3v) is 11.0. The Balaban J connectivity index is 1.80. The molecule has 0 saturated heterocycles. The molecule has 2 atom stereocenters. The average molecular weight is 309 g/mol. The maximum absolute atomic E-state index is 3.69. The first-order valence-corrected chi connectivity index (χ1v) is 11.6. The number of rotatable bonds is 4. The molecular weight excluding hydrogens is 280 g/mol. The molecule has 0 spiro atoms. The highest BCUT2D eigenvalue weighted by Gasteiger charge is 2.41. The van der Waals surface area contributed by atoms with Gasteiger partial charge in [-0.1, -0.05) is 51.0 Å². The number of fused-ring (bicyclic) bond motifs is 2. The van der Waals surface area contributed by atoms with Crippen molar-refractivity contribution >= 4 is 8.07 Å².